The van der Waals surface area contributed by atoms with E-state index in [0.29, 0.717) is 6.61 Å². The fraction of sp³-hybridized carbons (Fsp3) is 0.350. The summed E-state index contributed by atoms with van der Waals surface area (Å²) >= 11 is 0. The van der Waals surface area contributed by atoms with Gasteiger partial charge in [0, 0.05) is 13.2 Å². The van der Waals surface area contributed by atoms with Crippen molar-refractivity contribution in [2.24, 2.45) is 0 Å². The number of carbonyl (C=O) groups is 3. The molecule has 3 amide bonds. The van der Waals surface area contributed by atoms with Crippen LogP contribution in [0.5, 0.6) is 0 Å². The summed E-state index contributed by atoms with van der Waals surface area (Å²) in [6.07, 6.45) is 2.70. The summed E-state index contributed by atoms with van der Waals surface area (Å²) in [5, 5.41) is 0. The second-order valence-electron chi connectivity index (χ2n) is 6.83. The third-order valence-electron chi connectivity index (χ3n) is 5.00. The molecule has 2 saturated heterocycles. The summed E-state index contributed by atoms with van der Waals surface area (Å²) in [6, 6.07) is 7.24. The maximum absolute atomic E-state index is 13.2. The quantitative estimate of drug-likeness (QED) is 0.737. The molecule has 0 spiro atoms. The Balaban J connectivity index is 1.61. The number of nitrogens with zero attached hydrogens (tertiary/aromatic N) is 2. The summed E-state index contributed by atoms with van der Waals surface area (Å²) in [5.41, 5.74) is 0.279. The van der Waals surface area contributed by atoms with Crippen molar-refractivity contribution in [2.45, 2.75) is 31.4 Å². The molecule has 28 heavy (non-hydrogen) atoms. The van der Waals surface area contributed by atoms with Crippen molar-refractivity contribution in [1.82, 2.24) is 4.90 Å². The smallest absolute Gasteiger partial charge is 0.290 e. The van der Waals surface area contributed by atoms with E-state index in [1.54, 1.807) is 6.07 Å². The van der Waals surface area contributed by atoms with Crippen LogP contribution in [0.15, 0.2) is 47.1 Å². The third kappa shape index (κ3) is 3.43. The van der Waals surface area contributed by atoms with E-state index in [2.05, 4.69) is 0 Å². The summed E-state index contributed by atoms with van der Waals surface area (Å²) < 4.78 is 24.0. The first kappa shape index (κ1) is 18.4. The minimum atomic E-state index is -0.959. The number of imide groups is 1. The van der Waals surface area contributed by atoms with Crippen LogP contribution in [0, 0.1) is 5.82 Å². The molecule has 8 heteroatoms. The molecule has 0 aliphatic carbocycles. The maximum atomic E-state index is 13.2. The van der Waals surface area contributed by atoms with Crippen molar-refractivity contribution in [3.63, 3.8) is 0 Å². The molecule has 0 bridgehead atoms. The molecule has 7 nitrogen and oxygen atoms in total. The molecule has 3 heterocycles. The Kier molecular flexibility index (Phi) is 4.95. The van der Waals surface area contributed by atoms with Gasteiger partial charge in [0.05, 0.1) is 24.5 Å². The highest BCUT2D eigenvalue weighted by Gasteiger charge is 2.45. The number of carbonyl (C=O) groups excluding carboxylic acids is 3. The standard InChI is InChI=1S/C20H19FN2O5/c21-13-5-7-14(8-6-13)23-18(24)11-16(19(23)25)22(12-15-3-1-9-27-15)20(26)17-4-2-10-28-17/h2,4-8,10,15-16H,1,3,9,11-12H2. The molecule has 1 aromatic heterocycles. The lowest BCUT2D eigenvalue weighted by atomic mass is 10.1. The Labute approximate surface area is 160 Å². The molecule has 2 aliphatic rings. The molecule has 0 radical (unpaired) electrons. The van der Waals surface area contributed by atoms with E-state index in [1.165, 1.54) is 41.5 Å². The fourth-order valence-electron chi connectivity index (χ4n) is 3.62. The molecule has 146 valence electrons. The van der Waals surface area contributed by atoms with Gasteiger partial charge in [-0.2, -0.15) is 0 Å². The molecular formula is C20H19FN2O5. The van der Waals surface area contributed by atoms with Gasteiger partial charge >= 0.3 is 0 Å². The van der Waals surface area contributed by atoms with E-state index in [0.717, 1.165) is 17.7 Å². The van der Waals surface area contributed by atoms with Gasteiger partial charge in [0.2, 0.25) is 5.91 Å². The van der Waals surface area contributed by atoms with Crippen LogP contribution in [0.4, 0.5) is 10.1 Å². The molecule has 2 fully saturated rings. The van der Waals surface area contributed by atoms with Gasteiger partial charge in [0.25, 0.3) is 11.8 Å². The monoisotopic (exact) mass is 386 g/mol. The van der Waals surface area contributed by atoms with Crippen molar-refractivity contribution in [3.8, 4) is 0 Å². The maximum Gasteiger partial charge on any atom is 0.290 e. The first-order chi connectivity index (χ1) is 13.5. The number of benzene rings is 1. The van der Waals surface area contributed by atoms with Gasteiger partial charge in [-0.25, -0.2) is 9.29 Å². The summed E-state index contributed by atoms with van der Waals surface area (Å²) in [6.45, 7) is 0.799. The highest BCUT2D eigenvalue weighted by Crippen LogP contribution is 2.28. The lowest BCUT2D eigenvalue weighted by Crippen LogP contribution is -2.48. The normalized spacial score (nSPS) is 22.1. The summed E-state index contributed by atoms with van der Waals surface area (Å²) in [7, 11) is 0. The lowest BCUT2D eigenvalue weighted by molar-refractivity contribution is -0.122. The molecule has 2 aromatic rings. The molecular weight excluding hydrogens is 367 g/mol. The second kappa shape index (κ2) is 7.55. The average molecular weight is 386 g/mol. The van der Waals surface area contributed by atoms with E-state index in [1.807, 2.05) is 0 Å². The van der Waals surface area contributed by atoms with Gasteiger partial charge in [-0.05, 0) is 49.2 Å². The van der Waals surface area contributed by atoms with Gasteiger partial charge < -0.3 is 14.1 Å². The van der Waals surface area contributed by atoms with Crippen molar-refractivity contribution in [2.75, 3.05) is 18.1 Å². The largest absolute Gasteiger partial charge is 0.459 e. The third-order valence-corrected chi connectivity index (χ3v) is 5.00. The van der Waals surface area contributed by atoms with E-state index in [4.69, 9.17) is 9.15 Å². The van der Waals surface area contributed by atoms with Crippen LogP contribution in [-0.4, -0.2) is 47.9 Å². The zero-order valence-corrected chi connectivity index (χ0v) is 15.0. The summed E-state index contributed by atoms with van der Waals surface area (Å²) in [4.78, 5) is 40.9. The van der Waals surface area contributed by atoms with E-state index in [9.17, 15) is 18.8 Å². The van der Waals surface area contributed by atoms with Crippen LogP contribution in [0.25, 0.3) is 0 Å². The second-order valence-corrected chi connectivity index (χ2v) is 6.83. The first-order valence-electron chi connectivity index (χ1n) is 9.13. The Morgan fingerprint density at radius 3 is 2.64 bits per heavy atom. The Morgan fingerprint density at radius 1 is 1.21 bits per heavy atom. The number of ether oxygens (including phenoxy) is 1. The molecule has 2 unspecified atom stereocenters. The number of furan rings is 1. The van der Waals surface area contributed by atoms with Crippen molar-refractivity contribution in [3.05, 3.63) is 54.2 Å². The fourth-order valence-corrected chi connectivity index (χ4v) is 3.62. The topological polar surface area (TPSA) is 80.1 Å². The van der Waals surface area contributed by atoms with Crippen LogP contribution in [0.1, 0.15) is 29.8 Å². The predicted molar refractivity (Wildman–Crippen MR) is 96.0 cm³/mol. The van der Waals surface area contributed by atoms with Gasteiger partial charge in [0.15, 0.2) is 5.76 Å². The van der Waals surface area contributed by atoms with Crippen molar-refractivity contribution < 1.29 is 27.9 Å². The highest BCUT2D eigenvalue weighted by molar-refractivity contribution is 6.23. The van der Waals surface area contributed by atoms with E-state index >= 15 is 0 Å². The van der Waals surface area contributed by atoms with E-state index < -0.39 is 29.6 Å². The zero-order valence-electron chi connectivity index (χ0n) is 15.0. The molecule has 4 rings (SSSR count). The Bertz CT molecular complexity index is 875. The van der Waals surface area contributed by atoms with Crippen LogP contribution < -0.4 is 4.90 Å². The first-order valence-corrected chi connectivity index (χ1v) is 9.13. The van der Waals surface area contributed by atoms with Crippen molar-refractivity contribution in [1.29, 1.82) is 0 Å². The van der Waals surface area contributed by atoms with Crippen molar-refractivity contribution >= 4 is 23.4 Å². The van der Waals surface area contributed by atoms with Crippen LogP contribution in [0.3, 0.4) is 0 Å². The molecule has 0 N–H and O–H groups in total. The molecule has 2 atom stereocenters. The van der Waals surface area contributed by atoms with Gasteiger partial charge in [-0.3, -0.25) is 14.4 Å². The molecule has 2 aliphatic heterocycles. The SMILES string of the molecule is O=C1CC(N(CC2CCCO2)C(=O)c2ccco2)C(=O)N1c1ccc(F)cc1. The highest BCUT2D eigenvalue weighted by atomic mass is 19.1. The van der Waals surface area contributed by atoms with Crippen LogP contribution in [-0.2, 0) is 14.3 Å². The van der Waals surface area contributed by atoms with Crippen LogP contribution >= 0.6 is 0 Å². The number of rotatable bonds is 5. The number of halogens is 1. The van der Waals surface area contributed by atoms with Gasteiger partial charge in [0.1, 0.15) is 11.9 Å². The number of hydrogen-bond acceptors (Lipinski definition) is 5. The molecule has 0 saturated carbocycles. The lowest BCUT2D eigenvalue weighted by Gasteiger charge is -2.29. The number of anilines is 1. The van der Waals surface area contributed by atoms with E-state index in [-0.39, 0.29) is 30.5 Å². The zero-order chi connectivity index (χ0) is 19.7. The number of amides is 3. The Hall–Kier alpha value is -3.00. The molecule has 1 aromatic carbocycles. The van der Waals surface area contributed by atoms with Gasteiger partial charge in [-0.1, -0.05) is 0 Å². The Morgan fingerprint density at radius 2 is 2.00 bits per heavy atom. The summed E-state index contributed by atoms with van der Waals surface area (Å²) in [5.74, 6) is -1.79. The number of hydrogen-bond donors (Lipinski definition) is 0. The van der Waals surface area contributed by atoms with Crippen LogP contribution in [0.2, 0.25) is 0 Å². The average Bonchev–Trinajstić information content (AvgIpc) is 3.43. The predicted octanol–water partition coefficient (Wildman–Crippen LogP) is 2.37. The minimum absolute atomic E-state index is 0.0958. The minimum Gasteiger partial charge on any atom is -0.459 e. The van der Waals surface area contributed by atoms with Gasteiger partial charge in [-0.15, -0.1) is 0 Å².